The third-order valence-corrected chi connectivity index (χ3v) is 4.64. The Labute approximate surface area is 171 Å². The first-order chi connectivity index (χ1) is 14.4. The van der Waals surface area contributed by atoms with Gasteiger partial charge in [0.25, 0.3) is 0 Å². The number of alkyl halides is 3. The molecule has 1 unspecified atom stereocenters. The van der Waals surface area contributed by atoms with Crippen LogP contribution in [0.4, 0.5) is 13.2 Å². The molecule has 1 amide bonds. The summed E-state index contributed by atoms with van der Waals surface area (Å²) in [5.74, 6) is -0.434. The number of ether oxygens (including phenoxy) is 2. The van der Waals surface area contributed by atoms with E-state index in [1.807, 2.05) is 0 Å². The maximum atomic E-state index is 13.5. The van der Waals surface area contributed by atoms with Crippen LogP contribution in [0.5, 0.6) is 0 Å². The summed E-state index contributed by atoms with van der Waals surface area (Å²) in [6, 6.07) is 3.93. The van der Waals surface area contributed by atoms with Crippen molar-refractivity contribution in [3.63, 3.8) is 0 Å². The van der Waals surface area contributed by atoms with Crippen molar-refractivity contribution in [2.45, 2.75) is 44.8 Å². The van der Waals surface area contributed by atoms with Crippen LogP contribution < -0.4 is 5.32 Å². The van der Waals surface area contributed by atoms with E-state index >= 15 is 0 Å². The number of hydrogen-bond donors (Lipinski definition) is 1. The van der Waals surface area contributed by atoms with Crippen LogP contribution in [0.25, 0.3) is 5.69 Å². The van der Waals surface area contributed by atoms with Crippen molar-refractivity contribution < 1.29 is 27.4 Å². The Morgan fingerprint density at radius 1 is 1.40 bits per heavy atom. The average molecular weight is 424 g/mol. The second-order valence-electron chi connectivity index (χ2n) is 6.85. The van der Waals surface area contributed by atoms with Gasteiger partial charge in [-0.1, -0.05) is 17.9 Å². The molecule has 1 aliphatic heterocycles. The molecule has 1 fully saturated rings. The molecule has 0 bridgehead atoms. The van der Waals surface area contributed by atoms with Gasteiger partial charge in [-0.15, -0.1) is 5.10 Å². The molecule has 2 heterocycles. The van der Waals surface area contributed by atoms with Crippen molar-refractivity contribution in [2.24, 2.45) is 0 Å². The standard InChI is InChI=1S/C20H23F3N4O3/c1-2-18(28)24-9-8-14-6-7-16(11-17(14)20(21,22)23)27-12-15(25-26-27)13-30-19-5-3-4-10-29-19/h2,6-7,11-12,19H,1,3-5,8-10,13H2,(H,24,28). The highest BCUT2D eigenvalue weighted by atomic mass is 19.4. The Hall–Kier alpha value is -2.72. The molecule has 2 aromatic rings. The fourth-order valence-electron chi connectivity index (χ4n) is 3.09. The van der Waals surface area contributed by atoms with Gasteiger partial charge in [0.2, 0.25) is 5.91 Å². The lowest BCUT2D eigenvalue weighted by atomic mass is 10.0. The first-order valence-corrected chi connectivity index (χ1v) is 9.62. The Balaban J connectivity index is 1.70. The van der Waals surface area contributed by atoms with E-state index in [1.54, 1.807) is 0 Å². The molecule has 162 valence electrons. The van der Waals surface area contributed by atoms with Crippen LogP contribution in [0, 0.1) is 0 Å². The summed E-state index contributed by atoms with van der Waals surface area (Å²) < 4.78 is 53.0. The number of aromatic nitrogens is 3. The smallest absolute Gasteiger partial charge is 0.353 e. The van der Waals surface area contributed by atoms with E-state index in [2.05, 4.69) is 22.2 Å². The quantitative estimate of drug-likeness (QED) is 0.659. The van der Waals surface area contributed by atoms with Crippen molar-refractivity contribution >= 4 is 5.91 Å². The zero-order valence-electron chi connectivity index (χ0n) is 16.3. The molecule has 1 saturated heterocycles. The number of rotatable bonds is 8. The van der Waals surface area contributed by atoms with E-state index in [9.17, 15) is 18.0 Å². The summed E-state index contributed by atoms with van der Waals surface area (Å²) in [4.78, 5) is 11.2. The highest BCUT2D eigenvalue weighted by Gasteiger charge is 2.33. The Bertz CT molecular complexity index is 876. The van der Waals surface area contributed by atoms with E-state index < -0.39 is 17.6 Å². The third-order valence-electron chi connectivity index (χ3n) is 4.64. The van der Waals surface area contributed by atoms with Gasteiger partial charge in [-0.3, -0.25) is 4.79 Å². The summed E-state index contributed by atoms with van der Waals surface area (Å²) >= 11 is 0. The van der Waals surface area contributed by atoms with E-state index in [-0.39, 0.29) is 37.1 Å². The SMILES string of the molecule is C=CC(=O)NCCc1ccc(-n2cc(COC3CCCCO3)nn2)cc1C(F)(F)F. The molecule has 1 atom stereocenters. The van der Waals surface area contributed by atoms with E-state index in [0.717, 1.165) is 31.4 Å². The normalized spacial score (nSPS) is 17.0. The number of nitrogens with zero attached hydrogens (tertiary/aromatic N) is 3. The maximum Gasteiger partial charge on any atom is 0.416 e. The van der Waals surface area contributed by atoms with Gasteiger partial charge in [0.05, 0.1) is 24.1 Å². The molecule has 10 heteroatoms. The number of nitrogens with one attached hydrogen (secondary N) is 1. The van der Waals surface area contributed by atoms with Crippen molar-refractivity contribution in [3.05, 3.63) is 53.9 Å². The Morgan fingerprint density at radius 2 is 2.23 bits per heavy atom. The van der Waals surface area contributed by atoms with Crippen LogP contribution in [0.15, 0.2) is 37.1 Å². The van der Waals surface area contributed by atoms with Crippen molar-refractivity contribution in [3.8, 4) is 5.69 Å². The van der Waals surface area contributed by atoms with Crippen LogP contribution in [0.2, 0.25) is 0 Å². The molecule has 0 aliphatic carbocycles. The number of halogens is 3. The molecule has 0 saturated carbocycles. The molecule has 0 spiro atoms. The van der Waals surface area contributed by atoms with Gasteiger partial charge in [-0.2, -0.15) is 13.2 Å². The first-order valence-electron chi connectivity index (χ1n) is 9.62. The van der Waals surface area contributed by atoms with Crippen LogP contribution >= 0.6 is 0 Å². The molecule has 3 rings (SSSR count). The lowest BCUT2D eigenvalue weighted by molar-refractivity contribution is -0.169. The minimum absolute atomic E-state index is 0.0343. The van der Waals surface area contributed by atoms with Crippen LogP contribution in [0.1, 0.15) is 36.1 Å². The first kappa shape index (κ1) is 22.0. The highest BCUT2D eigenvalue weighted by molar-refractivity contribution is 5.86. The number of hydrogen-bond acceptors (Lipinski definition) is 5. The summed E-state index contributed by atoms with van der Waals surface area (Å²) in [7, 11) is 0. The van der Waals surface area contributed by atoms with Gasteiger partial charge in [0, 0.05) is 13.2 Å². The minimum atomic E-state index is -4.54. The summed E-state index contributed by atoms with van der Waals surface area (Å²) in [6.07, 6.45) is 0.641. The van der Waals surface area contributed by atoms with Crippen LogP contribution in [-0.2, 0) is 33.5 Å². The van der Waals surface area contributed by atoms with E-state index in [0.29, 0.717) is 12.3 Å². The monoisotopic (exact) mass is 424 g/mol. The summed E-state index contributed by atoms with van der Waals surface area (Å²) in [5, 5.41) is 10.3. The lowest BCUT2D eigenvalue weighted by Gasteiger charge is -2.22. The molecule has 1 aromatic carbocycles. The van der Waals surface area contributed by atoms with Gasteiger partial charge < -0.3 is 14.8 Å². The molecule has 30 heavy (non-hydrogen) atoms. The predicted molar refractivity (Wildman–Crippen MR) is 102 cm³/mol. The second-order valence-corrected chi connectivity index (χ2v) is 6.85. The van der Waals surface area contributed by atoms with Gasteiger partial charge in [-0.25, -0.2) is 4.68 Å². The number of carbonyl (C=O) groups excluding carboxylic acids is 1. The van der Waals surface area contributed by atoms with Crippen LogP contribution in [-0.4, -0.2) is 40.3 Å². The highest BCUT2D eigenvalue weighted by Crippen LogP contribution is 2.33. The Morgan fingerprint density at radius 3 is 2.93 bits per heavy atom. The fourth-order valence-corrected chi connectivity index (χ4v) is 3.09. The minimum Gasteiger partial charge on any atom is -0.353 e. The number of benzene rings is 1. The fraction of sp³-hybridized carbons (Fsp3) is 0.450. The van der Waals surface area contributed by atoms with Crippen molar-refractivity contribution in [1.82, 2.24) is 20.3 Å². The molecule has 0 radical (unpaired) electrons. The molecule has 1 aliphatic rings. The molecular formula is C20H23F3N4O3. The second kappa shape index (κ2) is 9.86. The Kier molecular flexibility index (Phi) is 7.22. The largest absolute Gasteiger partial charge is 0.416 e. The van der Waals surface area contributed by atoms with Gasteiger partial charge in [0.1, 0.15) is 5.69 Å². The van der Waals surface area contributed by atoms with E-state index in [4.69, 9.17) is 9.47 Å². The molecule has 1 N–H and O–H groups in total. The molecule has 7 nitrogen and oxygen atoms in total. The van der Waals surface area contributed by atoms with Crippen LogP contribution in [0.3, 0.4) is 0 Å². The molecular weight excluding hydrogens is 401 g/mol. The lowest BCUT2D eigenvalue weighted by Crippen LogP contribution is -2.24. The van der Waals surface area contributed by atoms with Crippen molar-refractivity contribution in [2.75, 3.05) is 13.2 Å². The zero-order valence-corrected chi connectivity index (χ0v) is 16.3. The van der Waals surface area contributed by atoms with Gasteiger partial charge in [-0.05, 0) is 49.5 Å². The topological polar surface area (TPSA) is 78.3 Å². The molecule has 1 aromatic heterocycles. The van der Waals surface area contributed by atoms with Gasteiger partial charge in [0.15, 0.2) is 6.29 Å². The van der Waals surface area contributed by atoms with Gasteiger partial charge >= 0.3 is 6.18 Å². The zero-order chi connectivity index (χ0) is 21.6. The maximum absolute atomic E-state index is 13.5. The summed E-state index contributed by atoms with van der Waals surface area (Å²) in [6.45, 7) is 4.20. The average Bonchev–Trinajstić information content (AvgIpc) is 3.21. The van der Waals surface area contributed by atoms with Crippen molar-refractivity contribution in [1.29, 1.82) is 0 Å². The number of amides is 1. The number of carbonyl (C=O) groups is 1. The third kappa shape index (κ3) is 5.90. The van der Waals surface area contributed by atoms with E-state index in [1.165, 1.54) is 23.0 Å². The predicted octanol–water partition coefficient (Wildman–Crippen LogP) is 3.17. The summed E-state index contributed by atoms with van der Waals surface area (Å²) in [5.41, 5.74) is 0.0216.